The number of rotatable bonds is 11. The summed E-state index contributed by atoms with van der Waals surface area (Å²) in [6.07, 6.45) is 3.61. The molecule has 0 N–H and O–H groups in total. The van der Waals surface area contributed by atoms with Crippen LogP contribution in [0.25, 0.3) is 48.2 Å². The molecule has 240 valence electrons. The third-order valence-corrected chi connectivity index (χ3v) is 8.63. The summed E-state index contributed by atoms with van der Waals surface area (Å²) < 4.78 is 40.3. The molecule has 0 unspecified atom stereocenters. The van der Waals surface area contributed by atoms with Crippen molar-refractivity contribution in [3.8, 4) is 11.5 Å². The Morgan fingerprint density at radius 2 is 1.27 bits per heavy atom. The monoisotopic (exact) mass is 692 g/mol. The van der Waals surface area contributed by atoms with Gasteiger partial charge in [0.1, 0.15) is 18.1 Å². The van der Waals surface area contributed by atoms with Crippen LogP contribution in [-0.4, -0.2) is 42.6 Å². The topological polar surface area (TPSA) is 170 Å². The van der Waals surface area contributed by atoms with Crippen LogP contribution in [0.1, 0.15) is 5.56 Å². The van der Waals surface area contributed by atoms with Crippen LogP contribution in [-0.2, 0) is 16.6 Å². The zero-order valence-corrected chi connectivity index (χ0v) is 29.7. The van der Waals surface area contributed by atoms with Crippen LogP contribution < -0.4 is 39.0 Å². The van der Waals surface area contributed by atoms with Gasteiger partial charge < -0.3 is 25.1 Å². The molecule has 12 nitrogen and oxygen atoms in total. The van der Waals surface area contributed by atoms with Gasteiger partial charge in [-0.25, -0.2) is 12.4 Å². The van der Waals surface area contributed by atoms with Gasteiger partial charge in [-0.1, -0.05) is 65.8 Å². The van der Waals surface area contributed by atoms with E-state index in [4.69, 9.17) is 37.7 Å². The average Bonchev–Trinajstić information content (AvgIpc) is 3.73. The molecule has 15 heteroatoms. The van der Waals surface area contributed by atoms with Crippen molar-refractivity contribution < 1.29 is 47.4 Å². The maximum atomic E-state index is 12.8. The van der Waals surface area contributed by atoms with E-state index in [9.17, 15) is 8.42 Å². The van der Waals surface area contributed by atoms with Gasteiger partial charge in [-0.05, 0) is 59.6 Å². The average molecular weight is 693 g/mol. The van der Waals surface area contributed by atoms with Crippen molar-refractivity contribution in [1.29, 1.82) is 0 Å². The van der Waals surface area contributed by atoms with Gasteiger partial charge in [-0.3, -0.25) is 4.91 Å². The number of hydrogen-bond donors (Lipinski definition) is 0. The number of halogens is 1. The van der Waals surface area contributed by atoms with Crippen molar-refractivity contribution in [2.24, 2.45) is 5.11 Å². The molecule has 4 aromatic carbocycles. The molecule has 0 aliphatic rings. The molecule has 2 heterocycles. The fourth-order valence-electron chi connectivity index (χ4n) is 4.78. The molecule has 0 radical (unpaired) electrons. The largest absolute Gasteiger partial charge is 1.00 e. The molecule has 0 saturated heterocycles. The van der Waals surface area contributed by atoms with Gasteiger partial charge in [-0.15, -0.1) is 11.6 Å². The normalized spacial score (nSPS) is 10.3. The second-order valence-electron chi connectivity index (χ2n) is 9.67. The predicted octanol–water partition coefficient (Wildman–Crippen LogP) is 5.74. The SMILES string of the molecule is ClCCOc1cccc2c1ccn2Cc1ccccc1.[N-]=[N+]=NCCOc1cccc2c1ccn2S(=O)(=O)c1ccccc1.[N-]=[N+]=[N-].[Na+]. The number of benzene rings is 4. The molecule has 0 amide bonds. The van der Waals surface area contributed by atoms with Gasteiger partial charge >= 0.3 is 29.6 Å². The summed E-state index contributed by atoms with van der Waals surface area (Å²) in [6.45, 7) is 1.82. The van der Waals surface area contributed by atoms with Gasteiger partial charge in [0.15, 0.2) is 0 Å². The third kappa shape index (κ3) is 9.72. The summed E-state index contributed by atoms with van der Waals surface area (Å²) in [7, 11) is -3.67. The van der Waals surface area contributed by atoms with Gasteiger partial charge in [0.2, 0.25) is 0 Å². The molecule has 0 fully saturated rings. The van der Waals surface area contributed by atoms with E-state index in [0.717, 1.165) is 17.7 Å². The van der Waals surface area contributed by atoms with Crippen LogP contribution in [0.2, 0.25) is 0 Å². The van der Waals surface area contributed by atoms with E-state index < -0.39 is 10.0 Å². The quantitative estimate of drug-likeness (QED) is 0.0421. The number of azide groups is 1. The van der Waals surface area contributed by atoms with Crippen LogP contribution in [0.5, 0.6) is 11.5 Å². The molecule has 0 bridgehead atoms. The Kier molecular flexibility index (Phi) is 15.2. The zero-order valence-electron chi connectivity index (χ0n) is 26.1. The van der Waals surface area contributed by atoms with Crippen LogP contribution in [0.15, 0.2) is 132 Å². The summed E-state index contributed by atoms with van der Waals surface area (Å²) >= 11 is 5.68. The van der Waals surface area contributed by atoms with Gasteiger partial charge in [0, 0.05) is 34.6 Å². The smallest absolute Gasteiger partial charge is 0.493 e. The van der Waals surface area contributed by atoms with Crippen molar-refractivity contribution in [2.45, 2.75) is 11.4 Å². The Balaban J connectivity index is 0.000000239. The first-order valence-electron chi connectivity index (χ1n) is 14.3. The molecule has 0 atom stereocenters. The molecule has 6 aromatic rings. The third-order valence-electron chi connectivity index (χ3n) is 6.77. The summed E-state index contributed by atoms with van der Waals surface area (Å²) in [5, 5.41) is 5.22. The first-order valence-corrected chi connectivity index (χ1v) is 16.3. The number of aromatic nitrogens is 2. The molecule has 48 heavy (non-hydrogen) atoms. The molecule has 0 aliphatic carbocycles. The standard InChI is InChI=1S/C17H16ClNO.C16H14N4O3S.N3.Na/c18-10-12-20-17-8-4-7-16-15(17)9-11-19(16)13-14-5-2-1-3-6-14;17-19-18-10-12-23-16-8-4-7-15-14(16)9-11-20(15)24(21,22)13-5-2-1-3-6-13;1-3-2;/h1-9,11H,10,12-13H2;1-9,11H,10,12H2;;/q;;-1;+1. The first-order chi connectivity index (χ1) is 22.9. The summed E-state index contributed by atoms with van der Waals surface area (Å²) in [5.41, 5.74) is 24.8. The molecule has 2 aromatic heterocycles. The fourth-order valence-corrected chi connectivity index (χ4v) is 6.23. The fraction of sp³-hybridized carbons (Fsp3) is 0.152. The first kappa shape index (κ1) is 37.9. The van der Waals surface area contributed by atoms with Crippen LogP contribution in [0, 0.1) is 0 Å². The summed E-state index contributed by atoms with van der Waals surface area (Å²) in [6, 6.07) is 33.8. The van der Waals surface area contributed by atoms with Gasteiger partial charge in [0.25, 0.3) is 10.0 Å². The van der Waals surface area contributed by atoms with Gasteiger partial charge in [0.05, 0.1) is 35.0 Å². The number of fused-ring (bicyclic) bond motifs is 2. The Morgan fingerprint density at radius 3 is 1.90 bits per heavy atom. The Bertz CT molecular complexity index is 2100. The number of hydrogen-bond acceptors (Lipinski definition) is 5. The van der Waals surface area contributed by atoms with E-state index in [1.54, 1.807) is 54.6 Å². The number of alkyl halides is 1. The summed E-state index contributed by atoms with van der Waals surface area (Å²) in [4.78, 5) is 4.38. The molecule has 6 rings (SSSR count). The maximum Gasteiger partial charge on any atom is 1.00 e. The van der Waals surface area contributed by atoms with E-state index in [0.29, 0.717) is 29.1 Å². The molecule has 0 spiro atoms. The van der Waals surface area contributed by atoms with E-state index in [1.807, 2.05) is 18.2 Å². The van der Waals surface area contributed by atoms with Crippen molar-refractivity contribution in [3.63, 3.8) is 0 Å². The Hall–Kier alpha value is -4.58. The van der Waals surface area contributed by atoms with E-state index in [1.165, 1.54) is 26.2 Å². The minimum atomic E-state index is -3.67. The van der Waals surface area contributed by atoms with Crippen molar-refractivity contribution in [3.05, 3.63) is 154 Å². The molecular formula is C33H30ClN8NaO4S. The van der Waals surface area contributed by atoms with Crippen LogP contribution in [0.3, 0.4) is 0 Å². The predicted molar refractivity (Wildman–Crippen MR) is 184 cm³/mol. The van der Waals surface area contributed by atoms with E-state index in [2.05, 4.69) is 57.2 Å². The van der Waals surface area contributed by atoms with Crippen LogP contribution >= 0.6 is 11.6 Å². The van der Waals surface area contributed by atoms with Gasteiger partial charge in [-0.2, -0.15) is 0 Å². The van der Waals surface area contributed by atoms with Crippen LogP contribution in [0.4, 0.5) is 0 Å². The second-order valence-corrected chi connectivity index (χ2v) is 11.9. The molecule has 0 aliphatic heterocycles. The van der Waals surface area contributed by atoms with E-state index in [-0.39, 0.29) is 47.6 Å². The van der Waals surface area contributed by atoms with E-state index >= 15 is 0 Å². The summed E-state index contributed by atoms with van der Waals surface area (Å²) in [5.74, 6) is 1.94. The van der Waals surface area contributed by atoms with Crippen molar-refractivity contribution in [2.75, 3.05) is 25.6 Å². The number of ether oxygens (including phenoxy) is 2. The second kappa shape index (κ2) is 19.3. The molecular weight excluding hydrogens is 663 g/mol. The Labute approximate surface area is 304 Å². The zero-order chi connectivity index (χ0) is 33.5. The van der Waals surface area contributed by atoms with Crippen molar-refractivity contribution >= 4 is 43.4 Å². The Morgan fingerprint density at radius 1 is 0.708 bits per heavy atom. The minimum absolute atomic E-state index is 0. The maximum absolute atomic E-state index is 12.8. The number of nitrogens with zero attached hydrogens (tertiary/aromatic N) is 8. The molecule has 0 saturated carbocycles. The van der Waals surface area contributed by atoms with Crippen molar-refractivity contribution in [1.82, 2.24) is 8.54 Å². The minimum Gasteiger partial charge on any atom is -0.493 e.